The molecule has 4 aromatic carbocycles. The largest absolute Gasteiger partial charge is 0.457 e. The molecule has 5 aliphatic rings. The Kier molecular flexibility index (Phi) is 8.45. The van der Waals surface area contributed by atoms with Gasteiger partial charge in [-0.25, -0.2) is 13.3 Å². The van der Waals surface area contributed by atoms with Gasteiger partial charge in [-0.05, 0) is 105 Å². The molecule has 6 unspecified atom stereocenters. The van der Waals surface area contributed by atoms with Crippen LogP contribution in [0, 0.1) is 35.5 Å². The van der Waals surface area contributed by atoms with Crippen LogP contribution in [0.1, 0.15) is 47.1 Å². The lowest BCUT2D eigenvalue weighted by Gasteiger charge is -2.44. The normalized spacial score (nSPS) is 24.7. The predicted molar refractivity (Wildman–Crippen MR) is 204 cm³/mol. The topological polar surface area (TPSA) is 127 Å². The average molecular weight is 759 g/mol. The molecule has 2 saturated heterocycles. The Bertz CT molecular complexity index is 2340. The number of rotatable bonds is 7. The van der Waals surface area contributed by atoms with Crippen LogP contribution < -0.4 is 14.4 Å². The molecule has 2 heterocycles. The quantitative estimate of drug-likeness (QED) is 0.139. The third kappa shape index (κ3) is 6.05. The smallest absolute Gasteiger partial charge is 0.238 e. The first-order valence-corrected chi connectivity index (χ1v) is 19.9. The fourth-order valence-electron chi connectivity index (χ4n) is 8.64. The number of benzene rings is 4. The first kappa shape index (κ1) is 36.4. The van der Waals surface area contributed by atoms with Crippen LogP contribution >= 0.6 is 0 Å². The van der Waals surface area contributed by atoms with Gasteiger partial charge in [0.05, 0.1) is 39.1 Å². The van der Waals surface area contributed by atoms with Crippen LogP contribution in [0.4, 0.5) is 5.69 Å². The maximum atomic E-state index is 14.0. The molecule has 4 aromatic rings. The van der Waals surface area contributed by atoms with Crippen molar-refractivity contribution in [3.05, 3.63) is 115 Å². The van der Waals surface area contributed by atoms with Gasteiger partial charge in [0.1, 0.15) is 23.0 Å². The molecule has 11 heteroatoms. The Labute approximate surface area is 320 Å². The average Bonchev–Trinajstić information content (AvgIpc) is 3.59. The second kappa shape index (κ2) is 12.8. The minimum Gasteiger partial charge on any atom is -0.457 e. The molecule has 3 aliphatic carbocycles. The van der Waals surface area contributed by atoms with Gasteiger partial charge >= 0.3 is 0 Å². The second-order valence-corrected chi connectivity index (χ2v) is 18.7. The summed E-state index contributed by atoms with van der Waals surface area (Å²) in [4.78, 5) is 57.9. The van der Waals surface area contributed by atoms with Crippen molar-refractivity contribution in [2.24, 2.45) is 35.5 Å². The zero-order valence-corrected chi connectivity index (χ0v) is 32.2. The predicted octanol–water partition coefficient (Wildman–Crippen LogP) is 7.72. The summed E-state index contributed by atoms with van der Waals surface area (Å²) in [5.74, 6) is -3.45. The van der Waals surface area contributed by atoms with Crippen LogP contribution in [0.3, 0.4) is 0 Å². The number of likely N-dealkylation sites (tertiary alicyclic amines) is 1. The summed E-state index contributed by atoms with van der Waals surface area (Å²) in [6.07, 6.45) is 3.69. The van der Waals surface area contributed by atoms with Crippen LogP contribution in [-0.4, -0.2) is 42.5 Å². The summed E-state index contributed by atoms with van der Waals surface area (Å²) < 4.78 is 39.1. The molecular formula is C44H42N2O8S. The zero-order chi connectivity index (χ0) is 39.2. The second-order valence-electron chi connectivity index (χ2n) is 16.8. The summed E-state index contributed by atoms with van der Waals surface area (Å²) in [6.45, 7) is 11.8. The Balaban J connectivity index is 0.962. The number of anilines is 1. The van der Waals surface area contributed by atoms with Crippen molar-refractivity contribution in [1.29, 1.82) is 0 Å². The lowest BCUT2D eigenvalue weighted by atomic mass is 9.54. The molecule has 6 atom stereocenters. The number of sulfone groups is 1. The van der Waals surface area contributed by atoms with Crippen molar-refractivity contribution in [1.82, 2.24) is 4.90 Å². The molecule has 10 nitrogen and oxygen atoms in total. The molecule has 0 spiro atoms. The van der Waals surface area contributed by atoms with E-state index in [4.69, 9.17) is 9.47 Å². The number of carbonyl (C=O) groups is 4. The maximum absolute atomic E-state index is 14.0. The van der Waals surface area contributed by atoms with E-state index in [2.05, 4.69) is 20.8 Å². The van der Waals surface area contributed by atoms with Crippen LogP contribution in [-0.2, 0) is 34.4 Å². The van der Waals surface area contributed by atoms with Crippen LogP contribution in [0.25, 0.3) is 0 Å². The van der Waals surface area contributed by atoms with Gasteiger partial charge in [-0.2, -0.15) is 0 Å². The van der Waals surface area contributed by atoms with E-state index >= 15 is 0 Å². The van der Waals surface area contributed by atoms with E-state index in [1.807, 2.05) is 57.2 Å². The lowest BCUT2D eigenvalue weighted by molar-refractivity contribution is -0.145. The minimum absolute atomic E-state index is 0.0443. The van der Waals surface area contributed by atoms with Crippen molar-refractivity contribution >= 4 is 39.2 Å². The van der Waals surface area contributed by atoms with Gasteiger partial charge in [0.2, 0.25) is 33.5 Å². The highest BCUT2D eigenvalue weighted by Gasteiger charge is 2.69. The number of imide groups is 2. The summed E-state index contributed by atoms with van der Waals surface area (Å²) in [7, 11) is -3.85. The van der Waals surface area contributed by atoms with E-state index in [0.717, 1.165) is 10.5 Å². The van der Waals surface area contributed by atoms with Crippen LogP contribution in [0.5, 0.6) is 23.0 Å². The van der Waals surface area contributed by atoms with E-state index in [9.17, 15) is 27.6 Å². The van der Waals surface area contributed by atoms with Crippen molar-refractivity contribution < 1.29 is 37.1 Å². The molecule has 0 radical (unpaired) electrons. The number of ether oxygens (including phenoxy) is 2. The fourth-order valence-corrected chi connectivity index (χ4v) is 9.90. The standard InChI is InChI=1S/C44H42N2O8S/c1-43(2,3)25-9-7-11-29(23-25)53-27-13-17-31(18-14-27)55(51,52)32-19-15-28(16-20-32)54-30-12-8-10-26(24-30)45-39(47)35-33-21-22-34(36(35)40(45)48)38-37(33)41(49)46(42(38)50)44(4,5)6/h7-24,33-38H,1-6H3. The molecule has 4 amide bonds. The fraction of sp³-hybridized carbons (Fsp3) is 0.318. The van der Waals surface area contributed by atoms with E-state index in [0.29, 0.717) is 28.7 Å². The van der Waals surface area contributed by atoms with Gasteiger partial charge < -0.3 is 9.47 Å². The molecule has 3 fully saturated rings. The highest BCUT2D eigenvalue weighted by Crippen LogP contribution is 2.59. The van der Waals surface area contributed by atoms with Gasteiger partial charge in [-0.15, -0.1) is 0 Å². The first-order chi connectivity index (χ1) is 25.9. The molecule has 0 N–H and O–H groups in total. The van der Waals surface area contributed by atoms with Crippen molar-refractivity contribution in [2.75, 3.05) is 4.90 Å². The Morgan fingerprint density at radius 2 is 0.964 bits per heavy atom. The zero-order valence-electron chi connectivity index (χ0n) is 31.4. The number of amides is 4. The highest BCUT2D eigenvalue weighted by molar-refractivity contribution is 7.91. The molecule has 9 rings (SSSR count). The first-order valence-electron chi connectivity index (χ1n) is 18.4. The van der Waals surface area contributed by atoms with Crippen molar-refractivity contribution in [3.63, 3.8) is 0 Å². The third-order valence-corrected chi connectivity index (χ3v) is 13.0. The number of carbonyl (C=O) groups excluding carboxylic acids is 4. The summed E-state index contributed by atoms with van der Waals surface area (Å²) in [6, 6.07) is 26.6. The third-order valence-electron chi connectivity index (χ3n) is 11.2. The van der Waals surface area contributed by atoms with Crippen molar-refractivity contribution in [3.8, 4) is 23.0 Å². The lowest BCUT2D eigenvalue weighted by Crippen LogP contribution is -2.50. The Morgan fingerprint density at radius 1 is 0.527 bits per heavy atom. The highest BCUT2D eigenvalue weighted by atomic mass is 32.2. The Hall–Kier alpha value is -5.55. The van der Waals surface area contributed by atoms with Gasteiger partial charge in [0.15, 0.2) is 0 Å². The molecule has 2 aliphatic heterocycles. The van der Waals surface area contributed by atoms with E-state index in [-0.39, 0.29) is 27.0 Å². The maximum Gasteiger partial charge on any atom is 0.238 e. The monoisotopic (exact) mass is 758 g/mol. The van der Waals surface area contributed by atoms with Gasteiger partial charge in [-0.1, -0.05) is 51.1 Å². The van der Waals surface area contributed by atoms with Crippen molar-refractivity contribution in [2.45, 2.75) is 62.3 Å². The molecule has 0 aromatic heterocycles. The number of hydrogen-bond donors (Lipinski definition) is 0. The number of hydrogen-bond acceptors (Lipinski definition) is 8. The summed E-state index contributed by atoms with van der Waals surface area (Å²) in [5.41, 5.74) is 0.681. The minimum atomic E-state index is -3.85. The van der Waals surface area contributed by atoms with E-state index in [1.54, 1.807) is 36.4 Å². The van der Waals surface area contributed by atoms with Crippen LogP contribution in [0.2, 0.25) is 0 Å². The number of allylic oxidation sites excluding steroid dienone is 2. The molecular weight excluding hydrogens is 717 g/mol. The van der Waals surface area contributed by atoms with E-state index < -0.39 is 62.7 Å². The molecule has 2 bridgehead atoms. The molecule has 55 heavy (non-hydrogen) atoms. The molecule has 282 valence electrons. The molecule has 1 saturated carbocycles. The SMILES string of the molecule is CC(C)(C)c1cccc(Oc2ccc(S(=O)(=O)c3ccc(Oc4cccc(N5C(=O)C6C7C=CC(C6C5=O)C5C(=O)N(C(C)(C)C)C(=O)C75)c4)cc3)cc2)c1. The van der Waals surface area contributed by atoms with Crippen LogP contribution in [0.15, 0.2) is 119 Å². The van der Waals surface area contributed by atoms with Gasteiger partial charge in [0, 0.05) is 23.4 Å². The van der Waals surface area contributed by atoms with Gasteiger partial charge in [0.25, 0.3) is 0 Å². The summed E-state index contributed by atoms with van der Waals surface area (Å²) >= 11 is 0. The van der Waals surface area contributed by atoms with Gasteiger partial charge in [-0.3, -0.25) is 24.1 Å². The van der Waals surface area contributed by atoms with E-state index in [1.165, 1.54) is 41.3 Å². The Morgan fingerprint density at radius 3 is 1.42 bits per heavy atom. The summed E-state index contributed by atoms with van der Waals surface area (Å²) in [5, 5.41) is 0. The number of nitrogens with zero attached hydrogens (tertiary/aromatic N) is 2.